The molecule has 1 fully saturated rings. The SMILES string of the molecule is CCOC(=O)C=C1CC(C)C1. The minimum Gasteiger partial charge on any atom is -0.463 e. The van der Waals surface area contributed by atoms with Gasteiger partial charge in [0.15, 0.2) is 0 Å². The van der Waals surface area contributed by atoms with E-state index in [2.05, 4.69) is 6.92 Å². The Morgan fingerprint density at radius 2 is 2.36 bits per heavy atom. The third-order valence-corrected chi connectivity index (χ3v) is 1.83. The highest BCUT2D eigenvalue weighted by atomic mass is 16.5. The summed E-state index contributed by atoms with van der Waals surface area (Å²) in [7, 11) is 0. The largest absolute Gasteiger partial charge is 0.463 e. The first kappa shape index (κ1) is 8.31. The maximum atomic E-state index is 10.9. The minimum atomic E-state index is -0.186. The van der Waals surface area contributed by atoms with Crippen LogP contribution in [0.1, 0.15) is 26.7 Å². The van der Waals surface area contributed by atoms with Crippen molar-refractivity contribution in [2.24, 2.45) is 5.92 Å². The van der Waals surface area contributed by atoms with Gasteiger partial charge in [-0.25, -0.2) is 4.79 Å². The molecule has 0 unspecified atom stereocenters. The number of hydrogen-bond donors (Lipinski definition) is 0. The van der Waals surface area contributed by atoms with Gasteiger partial charge in [-0.2, -0.15) is 0 Å². The van der Waals surface area contributed by atoms with Crippen LogP contribution in [0.15, 0.2) is 11.6 Å². The summed E-state index contributed by atoms with van der Waals surface area (Å²) in [6.07, 6.45) is 3.77. The van der Waals surface area contributed by atoms with Crippen molar-refractivity contribution < 1.29 is 9.53 Å². The van der Waals surface area contributed by atoms with Crippen LogP contribution < -0.4 is 0 Å². The summed E-state index contributed by atoms with van der Waals surface area (Å²) in [6.45, 7) is 4.47. The Balaban J connectivity index is 2.29. The molecule has 1 aliphatic rings. The Labute approximate surface area is 67.2 Å². The van der Waals surface area contributed by atoms with Gasteiger partial charge in [0.25, 0.3) is 0 Å². The second-order valence-electron chi connectivity index (χ2n) is 3.07. The molecule has 0 heterocycles. The summed E-state index contributed by atoms with van der Waals surface area (Å²) >= 11 is 0. The molecule has 2 heteroatoms. The molecule has 0 radical (unpaired) electrons. The molecule has 0 atom stereocenters. The Kier molecular flexibility index (Phi) is 2.69. The number of hydrogen-bond acceptors (Lipinski definition) is 2. The van der Waals surface area contributed by atoms with Crippen LogP contribution in [-0.2, 0) is 9.53 Å². The second-order valence-corrected chi connectivity index (χ2v) is 3.07. The molecule has 0 saturated heterocycles. The zero-order chi connectivity index (χ0) is 8.27. The number of carbonyl (C=O) groups excluding carboxylic acids is 1. The number of ether oxygens (including phenoxy) is 1. The van der Waals surface area contributed by atoms with Crippen LogP contribution in [0.2, 0.25) is 0 Å². The van der Waals surface area contributed by atoms with E-state index in [1.165, 1.54) is 5.57 Å². The van der Waals surface area contributed by atoms with E-state index in [-0.39, 0.29) is 5.97 Å². The fraction of sp³-hybridized carbons (Fsp3) is 0.667. The maximum absolute atomic E-state index is 10.9. The van der Waals surface area contributed by atoms with E-state index in [1.807, 2.05) is 6.92 Å². The lowest BCUT2D eigenvalue weighted by molar-refractivity contribution is -0.137. The lowest BCUT2D eigenvalue weighted by Crippen LogP contribution is -2.13. The van der Waals surface area contributed by atoms with Crippen molar-refractivity contribution in [3.63, 3.8) is 0 Å². The van der Waals surface area contributed by atoms with Gasteiger partial charge in [0.1, 0.15) is 0 Å². The fourth-order valence-electron chi connectivity index (χ4n) is 1.30. The Bertz CT molecular complexity index is 174. The van der Waals surface area contributed by atoms with E-state index < -0.39 is 0 Å². The predicted molar refractivity (Wildman–Crippen MR) is 43.1 cm³/mol. The second kappa shape index (κ2) is 3.56. The molecule has 2 nitrogen and oxygen atoms in total. The highest BCUT2D eigenvalue weighted by molar-refractivity contribution is 5.83. The van der Waals surface area contributed by atoms with Crippen molar-refractivity contribution in [3.05, 3.63) is 11.6 Å². The molecule has 1 rings (SSSR count). The van der Waals surface area contributed by atoms with Crippen molar-refractivity contribution >= 4 is 5.97 Å². The highest BCUT2D eigenvalue weighted by Gasteiger charge is 2.18. The first-order valence-corrected chi connectivity index (χ1v) is 4.08. The molecule has 0 aromatic rings. The third kappa shape index (κ3) is 2.37. The van der Waals surface area contributed by atoms with E-state index in [4.69, 9.17) is 4.74 Å². The molecular formula is C9H14O2. The van der Waals surface area contributed by atoms with E-state index in [0.717, 1.165) is 18.8 Å². The number of allylic oxidation sites excluding steroid dienone is 1. The highest BCUT2D eigenvalue weighted by Crippen LogP contribution is 2.31. The number of carbonyl (C=O) groups is 1. The molecular weight excluding hydrogens is 140 g/mol. The standard InChI is InChI=1S/C9H14O2/c1-3-11-9(10)6-8-4-7(2)5-8/h6-7H,3-5H2,1-2H3. The van der Waals surface area contributed by atoms with Crippen molar-refractivity contribution in [1.82, 2.24) is 0 Å². The average Bonchev–Trinajstić information content (AvgIpc) is 1.85. The molecule has 0 N–H and O–H groups in total. The topological polar surface area (TPSA) is 26.3 Å². The first-order valence-electron chi connectivity index (χ1n) is 4.08. The summed E-state index contributed by atoms with van der Waals surface area (Å²) in [6, 6.07) is 0. The first-order chi connectivity index (χ1) is 5.22. The van der Waals surface area contributed by atoms with Crippen LogP contribution in [0.4, 0.5) is 0 Å². The van der Waals surface area contributed by atoms with Crippen LogP contribution in [0, 0.1) is 5.92 Å². The Hall–Kier alpha value is -0.790. The van der Waals surface area contributed by atoms with Gasteiger partial charge in [-0.15, -0.1) is 0 Å². The smallest absolute Gasteiger partial charge is 0.330 e. The molecule has 62 valence electrons. The maximum Gasteiger partial charge on any atom is 0.330 e. The third-order valence-electron chi connectivity index (χ3n) is 1.83. The molecule has 0 spiro atoms. The van der Waals surface area contributed by atoms with Gasteiger partial charge < -0.3 is 4.74 Å². The zero-order valence-electron chi connectivity index (χ0n) is 7.09. The molecule has 11 heavy (non-hydrogen) atoms. The summed E-state index contributed by atoms with van der Waals surface area (Å²) in [5, 5.41) is 0. The number of rotatable bonds is 2. The lowest BCUT2D eigenvalue weighted by atomic mass is 9.81. The van der Waals surface area contributed by atoms with Gasteiger partial charge in [0.05, 0.1) is 6.61 Å². The van der Waals surface area contributed by atoms with Crippen molar-refractivity contribution in [1.29, 1.82) is 0 Å². The van der Waals surface area contributed by atoms with Gasteiger partial charge in [-0.3, -0.25) is 0 Å². The number of esters is 1. The lowest BCUT2D eigenvalue weighted by Gasteiger charge is -2.24. The van der Waals surface area contributed by atoms with Gasteiger partial charge in [0, 0.05) is 6.08 Å². The molecule has 0 aromatic carbocycles. The van der Waals surface area contributed by atoms with Crippen LogP contribution in [-0.4, -0.2) is 12.6 Å². The fourth-order valence-corrected chi connectivity index (χ4v) is 1.30. The van der Waals surface area contributed by atoms with Crippen LogP contribution in [0.25, 0.3) is 0 Å². The zero-order valence-corrected chi connectivity index (χ0v) is 7.09. The molecule has 1 aliphatic carbocycles. The van der Waals surface area contributed by atoms with Crippen LogP contribution >= 0.6 is 0 Å². The molecule has 1 saturated carbocycles. The van der Waals surface area contributed by atoms with Gasteiger partial charge in [-0.1, -0.05) is 12.5 Å². The molecule has 0 amide bonds. The van der Waals surface area contributed by atoms with Crippen LogP contribution in [0.3, 0.4) is 0 Å². The summed E-state index contributed by atoms with van der Waals surface area (Å²) in [4.78, 5) is 10.9. The van der Waals surface area contributed by atoms with Gasteiger partial charge in [0.2, 0.25) is 0 Å². The summed E-state index contributed by atoms with van der Waals surface area (Å²) in [5.74, 6) is 0.574. The van der Waals surface area contributed by atoms with E-state index >= 15 is 0 Å². The van der Waals surface area contributed by atoms with E-state index in [0.29, 0.717) is 6.61 Å². The normalized spacial score (nSPS) is 22.4. The molecule has 0 aliphatic heterocycles. The minimum absolute atomic E-state index is 0.186. The van der Waals surface area contributed by atoms with Crippen molar-refractivity contribution in [3.8, 4) is 0 Å². The summed E-state index contributed by atoms with van der Waals surface area (Å²) < 4.78 is 4.77. The van der Waals surface area contributed by atoms with Crippen LogP contribution in [0.5, 0.6) is 0 Å². The molecule has 0 aromatic heterocycles. The molecule has 0 bridgehead atoms. The van der Waals surface area contributed by atoms with E-state index in [9.17, 15) is 4.79 Å². The predicted octanol–water partition coefficient (Wildman–Crippen LogP) is 1.91. The van der Waals surface area contributed by atoms with Gasteiger partial charge in [-0.05, 0) is 25.7 Å². The quantitative estimate of drug-likeness (QED) is 0.448. The van der Waals surface area contributed by atoms with E-state index in [1.54, 1.807) is 6.08 Å². The van der Waals surface area contributed by atoms with Crippen molar-refractivity contribution in [2.45, 2.75) is 26.7 Å². The monoisotopic (exact) mass is 154 g/mol. The average molecular weight is 154 g/mol. The summed E-state index contributed by atoms with van der Waals surface area (Å²) in [5.41, 5.74) is 1.23. The Morgan fingerprint density at radius 3 is 2.82 bits per heavy atom. The van der Waals surface area contributed by atoms with Crippen molar-refractivity contribution in [2.75, 3.05) is 6.61 Å². The van der Waals surface area contributed by atoms with Gasteiger partial charge >= 0.3 is 5.97 Å². The Morgan fingerprint density at radius 1 is 1.73 bits per heavy atom.